The lowest BCUT2D eigenvalue weighted by Crippen LogP contribution is -2.38. The van der Waals surface area contributed by atoms with Crippen LogP contribution in [0.1, 0.15) is 31.9 Å². The zero-order valence-corrected chi connectivity index (χ0v) is 20.7. The minimum absolute atomic E-state index is 0.0863. The van der Waals surface area contributed by atoms with Gasteiger partial charge in [-0.05, 0) is 49.1 Å². The molecule has 7 nitrogen and oxygen atoms in total. The van der Waals surface area contributed by atoms with E-state index in [4.69, 9.17) is 21.3 Å². The van der Waals surface area contributed by atoms with Gasteiger partial charge in [-0.15, -0.1) is 0 Å². The van der Waals surface area contributed by atoms with Crippen LogP contribution >= 0.6 is 23.4 Å². The van der Waals surface area contributed by atoms with Crippen molar-refractivity contribution in [2.24, 2.45) is 4.99 Å². The fourth-order valence-electron chi connectivity index (χ4n) is 3.98. The first-order chi connectivity index (χ1) is 16.4. The molecule has 0 saturated carbocycles. The van der Waals surface area contributed by atoms with Crippen LogP contribution in [0.25, 0.3) is 0 Å². The Labute approximate surface area is 207 Å². The highest BCUT2D eigenvalue weighted by Gasteiger charge is 2.40. The summed E-state index contributed by atoms with van der Waals surface area (Å²) in [6, 6.07) is 14.1. The van der Waals surface area contributed by atoms with Gasteiger partial charge >= 0.3 is 0 Å². The molecule has 0 aromatic heterocycles. The number of amidine groups is 1. The van der Waals surface area contributed by atoms with Crippen molar-refractivity contribution in [2.75, 3.05) is 19.0 Å². The van der Waals surface area contributed by atoms with Gasteiger partial charge in [-0.1, -0.05) is 47.6 Å². The van der Waals surface area contributed by atoms with Crippen molar-refractivity contribution in [3.05, 3.63) is 81.5 Å². The van der Waals surface area contributed by atoms with Crippen LogP contribution in [0.15, 0.2) is 75.9 Å². The largest absolute Gasteiger partial charge is 0.495 e. The summed E-state index contributed by atoms with van der Waals surface area (Å²) in [5.74, 6) is 0.182. The lowest BCUT2D eigenvalue weighted by molar-refractivity contribution is -0.120. The smallest absolute Gasteiger partial charge is 0.256 e. The quantitative estimate of drug-likeness (QED) is 0.558. The topological polar surface area (TPSA) is 83.0 Å². The normalized spacial score (nSPS) is 17.1. The number of para-hydroxylation sites is 2. The number of ether oxygens (including phenoxy) is 1. The molecule has 2 aromatic rings. The summed E-state index contributed by atoms with van der Waals surface area (Å²) in [5, 5.41) is 9.07. The van der Waals surface area contributed by atoms with Gasteiger partial charge in [-0.3, -0.25) is 9.59 Å². The third kappa shape index (κ3) is 4.83. The van der Waals surface area contributed by atoms with Gasteiger partial charge in [0, 0.05) is 17.3 Å². The van der Waals surface area contributed by atoms with Crippen molar-refractivity contribution in [1.29, 1.82) is 0 Å². The maximum Gasteiger partial charge on any atom is 0.256 e. The predicted octanol–water partition coefficient (Wildman–Crippen LogP) is 5.09. The Morgan fingerprint density at radius 1 is 1.18 bits per heavy atom. The summed E-state index contributed by atoms with van der Waals surface area (Å²) in [4.78, 5) is 32.7. The van der Waals surface area contributed by atoms with Crippen LogP contribution < -0.4 is 15.4 Å². The van der Waals surface area contributed by atoms with Crippen molar-refractivity contribution in [2.45, 2.75) is 26.3 Å². The number of hydrogen-bond donors (Lipinski definition) is 2. The predicted molar refractivity (Wildman–Crippen MR) is 137 cm³/mol. The first kappa shape index (κ1) is 23.9. The van der Waals surface area contributed by atoms with E-state index in [0.29, 0.717) is 34.3 Å². The highest BCUT2D eigenvalue weighted by atomic mass is 35.5. The highest BCUT2D eigenvalue weighted by molar-refractivity contribution is 8.16. The Kier molecular flexibility index (Phi) is 7.29. The van der Waals surface area contributed by atoms with Crippen LogP contribution in [-0.2, 0) is 9.59 Å². The number of thioether (sulfide) groups is 1. The number of nitrogens with zero attached hydrogens (tertiary/aromatic N) is 2. The van der Waals surface area contributed by atoms with Crippen molar-refractivity contribution in [1.82, 2.24) is 10.2 Å². The molecule has 0 aliphatic carbocycles. The standard InChI is InChI=1S/C25H25ClN4O3S/c1-4-27-21(31)13-18-14-34-25-28-15(2)22(23(30(18)25)16-9-11-17(26)12-10-16)24(32)29-19-7-5-6-8-20(19)33-3/h5-12,14,23H,4,13H2,1-3H3,(H,27,31)(H,29,32). The average molecular weight is 497 g/mol. The van der Waals surface area contributed by atoms with Gasteiger partial charge in [0.1, 0.15) is 5.75 Å². The number of halogens is 1. The zero-order valence-electron chi connectivity index (χ0n) is 19.1. The molecule has 2 amide bonds. The Bertz CT molecular complexity index is 1210. The number of allylic oxidation sites excluding steroid dienone is 1. The molecular weight excluding hydrogens is 472 g/mol. The third-order valence-electron chi connectivity index (χ3n) is 5.50. The number of amides is 2. The molecule has 176 valence electrons. The van der Waals surface area contributed by atoms with Gasteiger partial charge in [0.2, 0.25) is 5.91 Å². The number of methoxy groups -OCH3 is 1. The van der Waals surface area contributed by atoms with E-state index in [1.54, 1.807) is 31.4 Å². The van der Waals surface area contributed by atoms with E-state index in [9.17, 15) is 9.59 Å². The summed E-state index contributed by atoms with van der Waals surface area (Å²) < 4.78 is 5.40. The molecule has 1 unspecified atom stereocenters. The Morgan fingerprint density at radius 2 is 1.91 bits per heavy atom. The molecule has 0 radical (unpaired) electrons. The summed E-state index contributed by atoms with van der Waals surface area (Å²) in [6.45, 7) is 4.26. The van der Waals surface area contributed by atoms with E-state index in [1.807, 2.05) is 48.4 Å². The van der Waals surface area contributed by atoms with Crippen molar-refractivity contribution >= 4 is 46.0 Å². The van der Waals surface area contributed by atoms with Crippen molar-refractivity contribution in [3.63, 3.8) is 0 Å². The molecular formula is C25H25ClN4O3S. The summed E-state index contributed by atoms with van der Waals surface area (Å²) in [5.41, 5.74) is 3.31. The molecule has 2 aromatic carbocycles. The number of carbonyl (C=O) groups is 2. The van der Waals surface area contributed by atoms with E-state index in [2.05, 4.69) is 10.6 Å². The van der Waals surface area contributed by atoms with Crippen LogP contribution in [0.4, 0.5) is 5.69 Å². The molecule has 0 spiro atoms. The molecule has 2 aliphatic rings. The minimum atomic E-state index is -0.477. The molecule has 34 heavy (non-hydrogen) atoms. The van der Waals surface area contributed by atoms with E-state index in [1.165, 1.54) is 11.8 Å². The molecule has 0 saturated heterocycles. The monoisotopic (exact) mass is 496 g/mol. The average Bonchev–Trinajstić information content (AvgIpc) is 3.21. The lowest BCUT2D eigenvalue weighted by atomic mass is 9.93. The first-order valence-electron chi connectivity index (χ1n) is 10.8. The molecule has 0 bridgehead atoms. The maximum atomic E-state index is 13.7. The van der Waals surface area contributed by atoms with Crippen LogP contribution in [0.5, 0.6) is 5.75 Å². The fourth-order valence-corrected chi connectivity index (χ4v) is 5.07. The molecule has 2 heterocycles. The summed E-state index contributed by atoms with van der Waals surface area (Å²) >= 11 is 7.60. The van der Waals surface area contributed by atoms with Gasteiger partial charge in [-0.25, -0.2) is 4.99 Å². The van der Waals surface area contributed by atoms with Crippen molar-refractivity contribution < 1.29 is 14.3 Å². The van der Waals surface area contributed by atoms with Gasteiger partial charge in [0.05, 0.1) is 36.5 Å². The zero-order chi connectivity index (χ0) is 24.2. The molecule has 4 rings (SSSR count). The van der Waals surface area contributed by atoms with Crippen LogP contribution in [0.2, 0.25) is 5.02 Å². The van der Waals surface area contributed by atoms with Crippen molar-refractivity contribution in [3.8, 4) is 5.75 Å². The molecule has 1 atom stereocenters. The second kappa shape index (κ2) is 10.4. The Hall–Kier alpha value is -3.23. The van der Waals surface area contributed by atoms with Crippen LogP contribution in [0, 0.1) is 0 Å². The second-order valence-electron chi connectivity index (χ2n) is 7.73. The maximum absolute atomic E-state index is 13.7. The SMILES string of the molecule is CCNC(=O)CC1=CSC2=NC(C)=C(C(=O)Nc3ccccc3OC)C(c3ccc(Cl)cc3)N12. The highest BCUT2D eigenvalue weighted by Crippen LogP contribution is 2.45. The fraction of sp³-hybridized carbons (Fsp3) is 0.240. The lowest BCUT2D eigenvalue weighted by Gasteiger charge is -2.36. The molecule has 0 fully saturated rings. The minimum Gasteiger partial charge on any atom is -0.495 e. The number of fused-ring (bicyclic) bond motifs is 1. The van der Waals surface area contributed by atoms with Gasteiger partial charge < -0.3 is 20.3 Å². The number of rotatable bonds is 7. The van der Waals surface area contributed by atoms with Crippen LogP contribution in [0.3, 0.4) is 0 Å². The van der Waals surface area contributed by atoms with Gasteiger partial charge in [-0.2, -0.15) is 0 Å². The molecule has 9 heteroatoms. The van der Waals surface area contributed by atoms with E-state index >= 15 is 0 Å². The number of nitrogens with one attached hydrogen (secondary N) is 2. The van der Waals surface area contributed by atoms with E-state index in [0.717, 1.165) is 16.4 Å². The number of hydrogen-bond acceptors (Lipinski definition) is 6. The van der Waals surface area contributed by atoms with E-state index < -0.39 is 6.04 Å². The van der Waals surface area contributed by atoms with Crippen LogP contribution in [-0.4, -0.2) is 35.5 Å². The van der Waals surface area contributed by atoms with Gasteiger partial charge in [0.25, 0.3) is 5.91 Å². The number of carbonyl (C=O) groups excluding carboxylic acids is 2. The second-order valence-corrected chi connectivity index (χ2v) is 9.00. The van der Waals surface area contributed by atoms with Gasteiger partial charge in [0.15, 0.2) is 5.17 Å². The van der Waals surface area contributed by atoms with E-state index in [-0.39, 0.29) is 18.2 Å². The molecule has 2 N–H and O–H groups in total. The summed E-state index contributed by atoms with van der Waals surface area (Å²) in [7, 11) is 1.56. The first-order valence-corrected chi connectivity index (χ1v) is 12.1. The summed E-state index contributed by atoms with van der Waals surface area (Å²) in [6.07, 6.45) is 0.185. The number of anilines is 1. The molecule has 2 aliphatic heterocycles. The number of aliphatic imine (C=N–C) groups is 1. The third-order valence-corrected chi connectivity index (χ3v) is 6.64. The Morgan fingerprint density at radius 3 is 2.62 bits per heavy atom. The Balaban J connectivity index is 1.75. The number of benzene rings is 2.